The molecular formula is C12H17ClN2O3. The van der Waals surface area contributed by atoms with E-state index in [0.29, 0.717) is 17.3 Å². The van der Waals surface area contributed by atoms with Gasteiger partial charge in [0.15, 0.2) is 0 Å². The van der Waals surface area contributed by atoms with Gasteiger partial charge in [-0.05, 0) is 13.0 Å². The topological polar surface area (TPSA) is 62.5 Å². The van der Waals surface area contributed by atoms with Gasteiger partial charge in [0.1, 0.15) is 5.69 Å². The fourth-order valence-corrected chi connectivity index (χ4v) is 1.91. The lowest BCUT2D eigenvalue weighted by Gasteiger charge is -2.23. The normalized spacial score (nSPS) is 12.2. The maximum atomic E-state index is 12.2. The molecule has 6 heteroatoms. The number of nitrogens with zero attached hydrogens (tertiary/aromatic N) is 2. The molecule has 0 spiro atoms. The van der Waals surface area contributed by atoms with Crippen LogP contribution in [0, 0.1) is 5.92 Å². The third-order valence-electron chi connectivity index (χ3n) is 2.78. The van der Waals surface area contributed by atoms with E-state index in [9.17, 15) is 9.59 Å². The summed E-state index contributed by atoms with van der Waals surface area (Å²) in [5, 5.41) is 9.36. The molecule has 0 saturated heterocycles. The number of aromatic nitrogens is 1. The minimum Gasteiger partial charge on any atom is -0.481 e. The van der Waals surface area contributed by atoms with Crippen molar-refractivity contribution in [2.24, 2.45) is 13.0 Å². The summed E-state index contributed by atoms with van der Waals surface area (Å²) >= 11 is 5.83. The highest BCUT2D eigenvalue weighted by Gasteiger charge is 2.22. The Hall–Kier alpha value is -1.49. The van der Waals surface area contributed by atoms with E-state index < -0.39 is 11.9 Å². The average Bonchev–Trinajstić information content (AvgIpc) is 2.63. The molecule has 18 heavy (non-hydrogen) atoms. The van der Waals surface area contributed by atoms with Crippen molar-refractivity contribution >= 4 is 23.5 Å². The predicted octanol–water partition coefficient (Wildman–Crippen LogP) is 1.86. The third-order valence-corrected chi connectivity index (χ3v) is 2.98. The van der Waals surface area contributed by atoms with Gasteiger partial charge < -0.3 is 14.6 Å². The number of aliphatic carboxylic acids is 1. The first-order chi connectivity index (χ1) is 8.36. The summed E-state index contributed by atoms with van der Waals surface area (Å²) in [5.74, 6) is -1.71. The zero-order chi connectivity index (χ0) is 13.9. The standard InChI is InChI=1S/C12H17ClN2O3/c1-4-15(6-8(2)12(17)18)11(16)10-5-9(13)7-14(10)3/h5,7-8H,4,6H2,1-3H3,(H,17,18). The number of rotatable bonds is 5. The van der Waals surface area contributed by atoms with E-state index in [1.807, 2.05) is 6.92 Å². The number of amides is 1. The molecule has 100 valence electrons. The van der Waals surface area contributed by atoms with Crippen molar-refractivity contribution in [1.29, 1.82) is 0 Å². The third kappa shape index (κ3) is 3.26. The van der Waals surface area contributed by atoms with E-state index in [1.165, 1.54) is 4.90 Å². The molecule has 1 atom stereocenters. The van der Waals surface area contributed by atoms with Crippen molar-refractivity contribution in [3.63, 3.8) is 0 Å². The van der Waals surface area contributed by atoms with Crippen molar-refractivity contribution in [2.45, 2.75) is 13.8 Å². The largest absolute Gasteiger partial charge is 0.481 e. The van der Waals surface area contributed by atoms with Gasteiger partial charge in [-0.15, -0.1) is 0 Å². The van der Waals surface area contributed by atoms with E-state index in [1.54, 1.807) is 30.8 Å². The van der Waals surface area contributed by atoms with Crippen molar-refractivity contribution < 1.29 is 14.7 Å². The van der Waals surface area contributed by atoms with Crippen LogP contribution in [-0.2, 0) is 11.8 Å². The van der Waals surface area contributed by atoms with Gasteiger partial charge in [-0.3, -0.25) is 9.59 Å². The Kier molecular flexibility index (Phi) is 4.78. The van der Waals surface area contributed by atoms with Crippen LogP contribution in [0.15, 0.2) is 12.3 Å². The number of carbonyl (C=O) groups is 2. The van der Waals surface area contributed by atoms with E-state index in [0.717, 1.165) is 0 Å². The summed E-state index contributed by atoms with van der Waals surface area (Å²) in [7, 11) is 1.73. The van der Waals surface area contributed by atoms with Crippen LogP contribution in [0.1, 0.15) is 24.3 Å². The highest BCUT2D eigenvalue weighted by atomic mass is 35.5. The maximum absolute atomic E-state index is 12.2. The summed E-state index contributed by atoms with van der Waals surface area (Å²) in [5.41, 5.74) is 0.458. The minimum atomic E-state index is -0.911. The number of hydrogen-bond donors (Lipinski definition) is 1. The van der Waals surface area contributed by atoms with E-state index in [2.05, 4.69) is 0 Å². The summed E-state index contributed by atoms with van der Waals surface area (Å²) in [6.45, 7) is 4.04. The molecule has 0 aliphatic rings. The van der Waals surface area contributed by atoms with Crippen molar-refractivity contribution in [2.75, 3.05) is 13.1 Å². The summed E-state index contributed by atoms with van der Waals surface area (Å²) in [4.78, 5) is 24.5. The van der Waals surface area contributed by atoms with Crippen LogP contribution < -0.4 is 0 Å². The Morgan fingerprint density at radius 2 is 2.17 bits per heavy atom. The molecule has 1 heterocycles. The Morgan fingerprint density at radius 1 is 1.56 bits per heavy atom. The first kappa shape index (κ1) is 14.6. The Morgan fingerprint density at radius 3 is 2.56 bits per heavy atom. The highest BCUT2D eigenvalue weighted by molar-refractivity contribution is 6.31. The van der Waals surface area contributed by atoms with Crippen LogP contribution in [-0.4, -0.2) is 39.5 Å². The van der Waals surface area contributed by atoms with Crippen molar-refractivity contribution in [3.8, 4) is 0 Å². The van der Waals surface area contributed by atoms with Crippen LogP contribution in [0.3, 0.4) is 0 Å². The monoisotopic (exact) mass is 272 g/mol. The molecular weight excluding hydrogens is 256 g/mol. The summed E-state index contributed by atoms with van der Waals surface area (Å²) < 4.78 is 1.64. The van der Waals surface area contributed by atoms with Crippen molar-refractivity contribution in [1.82, 2.24) is 9.47 Å². The maximum Gasteiger partial charge on any atom is 0.308 e. The fraction of sp³-hybridized carbons (Fsp3) is 0.500. The Labute approximate surface area is 111 Å². The van der Waals surface area contributed by atoms with Gasteiger partial charge in [0, 0.05) is 26.3 Å². The van der Waals surface area contributed by atoms with Gasteiger partial charge >= 0.3 is 5.97 Å². The van der Waals surface area contributed by atoms with Crippen LogP contribution in [0.4, 0.5) is 0 Å². The lowest BCUT2D eigenvalue weighted by molar-refractivity contribution is -0.141. The number of aryl methyl sites for hydroxylation is 1. The Balaban J connectivity index is 2.86. The molecule has 0 aliphatic carbocycles. The Bertz CT molecular complexity index is 456. The molecule has 0 bridgehead atoms. The van der Waals surface area contributed by atoms with E-state index in [-0.39, 0.29) is 12.5 Å². The molecule has 0 radical (unpaired) electrons. The van der Waals surface area contributed by atoms with Crippen LogP contribution in [0.25, 0.3) is 0 Å². The zero-order valence-electron chi connectivity index (χ0n) is 10.7. The lowest BCUT2D eigenvalue weighted by atomic mass is 10.1. The molecule has 1 amide bonds. The second-order valence-electron chi connectivity index (χ2n) is 4.24. The quantitative estimate of drug-likeness (QED) is 0.890. The van der Waals surface area contributed by atoms with Gasteiger partial charge in [-0.1, -0.05) is 18.5 Å². The smallest absolute Gasteiger partial charge is 0.308 e. The fourth-order valence-electron chi connectivity index (χ4n) is 1.66. The van der Waals surface area contributed by atoms with Crippen LogP contribution in [0.5, 0.6) is 0 Å². The average molecular weight is 273 g/mol. The van der Waals surface area contributed by atoms with Gasteiger partial charge in [0.05, 0.1) is 10.9 Å². The van der Waals surface area contributed by atoms with Gasteiger partial charge in [-0.25, -0.2) is 0 Å². The molecule has 0 aliphatic heterocycles. The first-order valence-corrected chi connectivity index (χ1v) is 6.08. The SMILES string of the molecule is CCN(CC(C)C(=O)O)C(=O)c1cc(Cl)cn1C. The second-order valence-corrected chi connectivity index (χ2v) is 4.67. The van der Waals surface area contributed by atoms with Gasteiger partial charge in [0.2, 0.25) is 0 Å². The van der Waals surface area contributed by atoms with Crippen molar-refractivity contribution in [3.05, 3.63) is 23.0 Å². The summed E-state index contributed by atoms with van der Waals surface area (Å²) in [6.07, 6.45) is 1.64. The number of hydrogen-bond acceptors (Lipinski definition) is 2. The number of carbonyl (C=O) groups excluding carboxylic acids is 1. The highest BCUT2D eigenvalue weighted by Crippen LogP contribution is 2.15. The summed E-state index contributed by atoms with van der Waals surface area (Å²) in [6, 6.07) is 1.58. The van der Waals surface area contributed by atoms with Crippen LogP contribution >= 0.6 is 11.6 Å². The van der Waals surface area contributed by atoms with Gasteiger partial charge in [0.25, 0.3) is 5.91 Å². The molecule has 0 saturated carbocycles. The number of carboxylic acid groups (broad SMARTS) is 1. The molecule has 1 aromatic rings. The molecule has 1 rings (SSSR count). The van der Waals surface area contributed by atoms with E-state index >= 15 is 0 Å². The molecule has 0 aromatic carbocycles. The van der Waals surface area contributed by atoms with Crippen LogP contribution in [0.2, 0.25) is 5.02 Å². The molecule has 0 fully saturated rings. The minimum absolute atomic E-state index is 0.188. The second kappa shape index (κ2) is 5.91. The first-order valence-electron chi connectivity index (χ1n) is 5.70. The number of carboxylic acids is 1. The predicted molar refractivity (Wildman–Crippen MR) is 68.8 cm³/mol. The zero-order valence-corrected chi connectivity index (χ0v) is 11.4. The molecule has 1 N–H and O–H groups in total. The molecule has 1 aromatic heterocycles. The van der Waals surface area contributed by atoms with E-state index in [4.69, 9.17) is 16.7 Å². The number of halogens is 1. The lowest BCUT2D eigenvalue weighted by Crippen LogP contribution is -2.37. The molecule has 1 unspecified atom stereocenters. The van der Waals surface area contributed by atoms with Gasteiger partial charge in [-0.2, -0.15) is 0 Å². The molecule has 5 nitrogen and oxygen atoms in total.